The molecule has 4 amide bonds. The lowest BCUT2D eigenvalue weighted by Crippen LogP contribution is -2.80. The van der Waals surface area contributed by atoms with Gasteiger partial charge in [-0.15, -0.1) is 0 Å². The summed E-state index contributed by atoms with van der Waals surface area (Å²) in [5.41, 5.74) is -4.91. The first-order valence-electron chi connectivity index (χ1n) is 10.5. The molecule has 3 saturated carbocycles. The Kier molecular flexibility index (Phi) is 4.59. The Labute approximate surface area is 189 Å². The molecule has 4 aliphatic rings. The average molecular weight is 479 g/mol. The third-order valence-electron chi connectivity index (χ3n) is 7.09. The van der Waals surface area contributed by atoms with Gasteiger partial charge in [-0.05, 0) is 48.6 Å². The maximum atomic E-state index is 14.7. The van der Waals surface area contributed by atoms with E-state index in [0.29, 0.717) is 0 Å². The van der Waals surface area contributed by atoms with Crippen LogP contribution in [-0.4, -0.2) is 35.6 Å². The Morgan fingerprint density at radius 3 is 2.21 bits per heavy atom. The highest BCUT2D eigenvalue weighted by atomic mass is 19.4. The van der Waals surface area contributed by atoms with Crippen molar-refractivity contribution in [3.05, 3.63) is 59.4 Å². The van der Waals surface area contributed by atoms with Gasteiger partial charge in [0.05, 0.1) is 17.7 Å². The number of imide groups is 1. The van der Waals surface area contributed by atoms with Crippen molar-refractivity contribution in [2.24, 2.45) is 5.41 Å². The summed E-state index contributed by atoms with van der Waals surface area (Å²) in [5.74, 6) is -2.55. The number of halogens is 5. The van der Waals surface area contributed by atoms with Gasteiger partial charge in [-0.2, -0.15) is 13.2 Å². The van der Waals surface area contributed by atoms with Gasteiger partial charge in [-0.3, -0.25) is 14.9 Å². The topological polar surface area (TPSA) is 87.3 Å². The van der Waals surface area contributed by atoms with Crippen molar-refractivity contribution in [1.82, 2.24) is 16.0 Å². The third kappa shape index (κ3) is 3.17. The first kappa shape index (κ1) is 22.3. The molecule has 2 aromatic rings. The normalized spacial score (nSPS) is 29.6. The molecule has 178 valence electrons. The highest BCUT2D eigenvalue weighted by Gasteiger charge is 2.79. The predicted molar refractivity (Wildman–Crippen MR) is 109 cm³/mol. The first-order chi connectivity index (χ1) is 15.9. The molecule has 11 heteroatoms. The van der Waals surface area contributed by atoms with Crippen molar-refractivity contribution in [2.75, 3.05) is 6.54 Å². The summed E-state index contributed by atoms with van der Waals surface area (Å²) < 4.78 is 67.5. The lowest BCUT2D eigenvalue weighted by atomic mass is 9.36. The van der Waals surface area contributed by atoms with Crippen LogP contribution >= 0.6 is 0 Å². The molecule has 1 atom stereocenters. The molecule has 6 rings (SSSR count). The van der Waals surface area contributed by atoms with Gasteiger partial charge in [0, 0.05) is 5.41 Å². The van der Waals surface area contributed by atoms with Crippen molar-refractivity contribution in [3.63, 3.8) is 0 Å². The number of hydrogen-bond donors (Lipinski definition) is 3. The van der Waals surface area contributed by atoms with E-state index in [1.54, 1.807) is 0 Å². The van der Waals surface area contributed by atoms with Gasteiger partial charge < -0.3 is 10.6 Å². The van der Waals surface area contributed by atoms with E-state index in [0.717, 1.165) is 30.3 Å². The van der Waals surface area contributed by atoms with Crippen LogP contribution in [0.2, 0.25) is 0 Å². The zero-order chi connectivity index (χ0) is 24.5. The summed E-state index contributed by atoms with van der Waals surface area (Å²) in [6.07, 6.45) is -4.39. The van der Waals surface area contributed by atoms with Gasteiger partial charge in [-0.1, -0.05) is 24.3 Å². The standard InChI is InChI=1S/C23H18F5N3O3/c24-15-3-1-2-14(12-4-6-13(7-5-12)23(26,27)28)16(15)17(32)29-11-22(18(33)30-19(34)31-22)20-8-21(25,9-20)10-20/h1-7H,8-11H2,(H,29,32)(H2,30,31,33,34). The lowest BCUT2D eigenvalue weighted by Gasteiger charge is -2.70. The Morgan fingerprint density at radius 2 is 1.68 bits per heavy atom. The van der Waals surface area contributed by atoms with Crippen LogP contribution in [0.1, 0.15) is 35.2 Å². The van der Waals surface area contributed by atoms with E-state index in [4.69, 9.17) is 0 Å². The summed E-state index contributed by atoms with van der Waals surface area (Å²) in [5, 5.41) is 7.12. The monoisotopic (exact) mass is 479 g/mol. The second-order valence-corrected chi connectivity index (χ2v) is 9.20. The Morgan fingerprint density at radius 1 is 1.03 bits per heavy atom. The average Bonchev–Trinajstić information content (AvgIpc) is 3.02. The molecule has 2 bridgehead atoms. The summed E-state index contributed by atoms with van der Waals surface area (Å²) in [4.78, 5) is 37.6. The molecule has 3 N–H and O–H groups in total. The van der Waals surface area contributed by atoms with E-state index < -0.39 is 64.1 Å². The highest BCUT2D eigenvalue weighted by Crippen LogP contribution is 2.73. The summed E-state index contributed by atoms with van der Waals surface area (Å²) in [6.45, 7) is -0.403. The minimum absolute atomic E-state index is 0.0495. The van der Waals surface area contributed by atoms with Crippen LogP contribution in [0.25, 0.3) is 11.1 Å². The predicted octanol–water partition coefficient (Wildman–Crippen LogP) is 3.71. The summed E-state index contributed by atoms with van der Waals surface area (Å²) >= 11 is 0. The number of carbonyl (C=O) groups excluding carboxylic acids is 3. The Hall–Kier alpha value is -3.50. The summed E-state index contributed by atoms with van der Waals surface area (Å²) in [6, 6.07) is 6.86. The van der Waals surface area contributed by atoms with Crippen LogP contribution in [0, 0.1) is 11.2 Å². The van der Waals surface area contributed by atoms with Crippen LogP contribution in [0.3, 0.4) is 0 Å². The van der Waals surface area contributed by atoms with Gasteiger partial charge in [0.1, 0.15) is 17.0 Å². The zero-order valence-electron chi connectivity index (χ0n) is 17.5. The van der Waals surface area contributed by atoms with Crippen LogP contribution < -0.4 is 16.0 Å². The van der Waals surface area contributed by atoms with Crippen LogP contribution in [0.4, 0.5) is 26.7 Å². The lowest BCUT2D eigenvalue weighted by molar-refractivity contribution is -0.246. The van der Waals surface area contributed by atoms with Crippen molar-refractivity contribution in [3.8, 4) is 11.1 Å². The van der Waals surface area contributed by atoms with E-state index in [9.17, 15) is 36.3 Å². The number of hydrogen-bond acceptors (Lipinski definition) is 3. The molecule has 1 saturated heterocycles. The molecular formula is C23H18F5N3O3. The minimum Gasteiger partial charge on any atom is -0.349 e. The highest BCUT2D eigenvalue weighted by molar-refractivity contribution is 6.09. The molecule has 3 aliphatic carbocycles. The number of benzene rings is 2. The zero-order valence-corrected chi connectivity index (χ0v) is 17.5. The molecule has 4 fully saturated rings. The van der Waals surface area contributed by atoms with Crippen LogP contribution in [-0.2, 0) is 11.0 Å². The van der Waals surface area contributed by atoms with Crippen molar-refractivity contribution in [1.29, 1.82) is 0 Å². The molecular weight excluding hydrogens is 461 g/mol. The second-order valence-electron chi connectivity index (χ2n) is 9.20. The van der Waals surface area contributed by atoms with Gasteiger partial charge in [0.2, 0.25) is 0 Å². The smallest absolute Gasteiger partial charge is 0.349 e. The fourth-order valence-electron chi connectivity index (χ4n) is 5.43. The summed E-state index contributed by atoms with van der Waals surface area (Å²) in [7, 11) is 0. The van der Waals surface area contributed by atoms with Crippen LogP contribution in [0.5, 0.6) is 0 Å². The van der Waals surface area contributed by atoms with Crippen molar-refractivity contribution in [2.45, 2.75) is 36.6 Å². The number of alkyl halides is 4. The van der Waals surface area contributed by atoms with Gasteiger partial charge in [0.15, 0.2) is 0 Å². The van der Waals surface area contributed by atoms with Gasteiger partial charge in [0.25, 0.3) is 11.8 Å². The van der Waals surface area contributed by atoms with Crippen molar-refractivity contribution >= 4 is 17.8 Å². The Balaban J connectivity index is 1.42. The third-order valence-corrected chi connectivity index (χ3v) is 7.09. The van der Waals surface area contributed by atoms with E-state index in [-0.39, 0.29) is 30.4 Å². The van der Waals surface area contributed by atoms with E-state index in [1.165, 1.54) is 12.1 Å². The van der Waals surface area contributed by atoms with E-state index in [1.807, 2.05) is 0 Å². The number of carbonyl (C=O) groups is 3. The SMILES string of the molecule is O=C1NC(=O)C(CNC(=O)c2c(F)cccc2-c2ccc(C(F)(F)F)cc2)(C23CC(F)(C2)C3)N1. The van der Waals surface area contributed by atoms with Crippen molar-refractivity contribution < 1.29 is 36.3 Å². The van der Waals surface area contributed by atoms with E-state index >= 15 is 0 Å². The fourth-order valence-corrected chi connectivity index (χ4v) is 5.43. The molecule has 1 unspecified atom stereocenters. The quantitative estimate of drug-likeness (QED) is 0.452. The maximum Gasteiger partial charge on any atom is 0.416 e. The number of amides is 4. The first-order valence-corrected chi connectivity index (χ1v) is 10.5. The molecule has 1 aliphatic heterocycles. The number of urea groups is 1. The van der Waals surface area contributed by atoms with Gasteiger partial charge in [-0.25, -0.2) is 13.6 Å². The Bertz CT molecular complexity index is 1210. The van der Waals surface area contributed by atoms with Crippen LogP contribution in [0.15, 0.2) is 42.5 Å². The number of nitrogens with one attached hydrogen (secondary N) is 3. The molecule has 2 aromatic carbocycles. The number of rotatable bonds is 5. The second kappa shape index (κ2) is 7.00. The molecule has 0 spiro atoms. The molecule has 34 heavy (non-hydrogen) atoms. The van der Waals surface area contributed by atoms with E-state index in [2.05, 4.69) is 16.0 Å². The fraction of sp³-hybridized carbons (Fsp3) is 0.348. The largest absolute Gasteiger partial charge is 0.416 e. The molecule has 1 heterocycles. The molecule has 0 aromatic heterocycles. The van der Waals surface area contributed by atoms with Gasteiger partial charge >= 0.3 is 12.2 Å². The maximum absolute atomic E-state index is 14.7. The molecule has 6 nitrogen and oxygen atoms in total. The minimum atomic E-state index is -4.55. The molecule has 0 radical (unpaired) electrons.